The van der Waals surface area contributed by atoms with Crippen LogP contribution in [0.2, 0.25) is 0 Å². The fourth-order valence-corrected chi connectivity index (χ4v) is 1.84. The summed E-state index contributed by atoms with van der Waals surface area (Å²) in [7, 11) is 3.52. The number of para-hydroxylation sites is 3. The van der Waals surface area contributed by atoms with Crippen LogP contribution in [0.15, 0.2) is 54.6 Å². The molecule has 0 unspecified atom stereocenters. The summed E-state index contributed by atoms with van der Waals surface area (Å²) in [4.78, 5) is 13.2. The summed E-state index contributed by atoms with van der Waals surface area (Å²) in [5.41, 5.74) is 0.882. The molecule has 0 aromatic heterocycles. The molecule has 2 aromatic rings. The van der Waals surface area contributed by atoms with Gasteiger partial charge in [0.25, 0.3) is 0 Å². The molecule has 2 aromatic carbocycles. The van der Waals surface area contributed by atoms with Crippen molar-refractivity contribution in [3.05, 3.63) is 54.6 Å². The second kappa shape index (κ2) is 7.33. The van der Waals surface area contributed by atoms with E-state index >= 15 is 0 Å². The summed E-state index contributed by atoms with van der Waals surface area (Å²) in [5, 5.41) is 3.25. The molecule has 0 saturated heterocycles. The third-order valence-electron chi connectivity index (χ3n) is 3.01. The van der Waals surface area contributed by atoms with Crippen LogP contribution in [0.4, 0.5) is 5.69 Å². The minimum Gasteiger partial charge on any atom is -0.455 e. The Bertz CT molecular complexity index is 582. The van der Waals surface area contributed by atoms with Gasteiger partial charge in [0.15, 0.2) is 5.75 Å². The molecular formula is C17H20N2O2. The first kappa shape index (κ1) is 14.9. The summed E-state index contributed by atoms with van der Waals surface area (Å²) in [6.45, 7) is 0.576. The van der Waals surface area contributed by atoms with Crippen molar-refractivity contribution >= 4 is 11.6 Å². The molecule has 4 heteroatoms. The molecule has 110 valence electrons. The quantitative estimate of drug-likeness (QED) is 0.884. The Morgan fingerprint density at radius 1 is 1.05 bits per heavy atom. The minimum atomic E-state index is 0.101. The molecule has 1 N–H and O–H groups in total. The largest absolute Gasteiger partial charge is 0.455 e. The van der Waals surface area contributed by atoms with Gasteiger partial charge >= 0.3 is 0 Å². The lowest BCUT2D eigenvalue weighted by Crippen LogP contribution is -2.23. The van der Waals surface area contributed by atoms with E-state index in [1.54, 1.807) is 19.0 Å². The predicted octanol–water partition coefficient (Wildman–Crippen LogP) is 3.37. The summed E-state index contributed by atoms with van der Waals surface area (Å²) < 4.78 is 5.86. The second-order valence-electron chi connectivity index (χ2n) is 4.88. The highest BCUT2D eigenvalue weighted by Gasteiger charge is 2.06. The fourth-order valence-electron chi connectivity index (χ4n) is 1.84. The number of carbonyl (C=O) groups excluding carboxylic acids is 1. The van der Waals surface area contributed by atoms with Gasteiger partial charge in [0.2, 0.25) is 5.91 Å². The molecule has 21 heavy (non-hydrogen) atoms. The number of anilines is 1. The lowest BCUT2D eigenvalue weighted by molar-refractivity contribution is -0.128. The van der Waals surface area contributed by atoms with Crippen molar-refractivity contribution in [3.63, 3.8) is 0 Å². The van der Waals surface area contributed by atoms with Gasteiger partial charge in [-0.05, 0) is 24.3 Å². The highest BCUT2D eigenvalue weighted by atomic mass is 16.5. The Morgan fingerprint density at radius 2 is 1.71 bits per heavy atom. The number of benzene rings is 2. The summed E-state index contributed by atoms with van der Waals surface area (Å²) >= 11 is 0. The maximum atomic E-state index is 11.6. The number of ether oxygens (including phenoxy) is 1. The number of nitrogens with one attached hydrogen (secondary N) is 1. The highest BCUT2D eigenvalue weighted by molar-refractivity contribution is 5.76. The van der Waals surface area contributed by atoms with Crippen LogP contribution < -0.4 is 10.1 Å². The number of nitrogens with zero attached hydrogens (tertiary/aromatic N) is 1. The molecule has 1 amide bonds. The Morgan fingerprint density at radius 3 is 2.43 bits per heavy atom. The predicted molar refractivity (Wildman–Crippen MR) is 84.8 cm³/mol. The van der Waals surface area contributed by atoms with Crippen molar-refractivity contribution in [1.82, 2.24) is 4.90 Å². The molecule has 0 fully saturated rings. The van der Waals surface area contributed by atoms with Gasteiger partial charge in [-0.2, -0.15) is 0 Å². The number of hydrogen-bond acceptors (Lipinski definition) is 3. The van der Waals surface area contributed by atoms with E-state index in [1.807, 2.05) is 54.6 Å². The smallest absolute Gasteiger partial charge is 0.223 e. The lowest BCUT2D eigenvalue weighted by atomic mass is 10.2. The van der Waals surface area contributed by atoms with Gasteiger partial charge in [-0.15, -0.1) is 0 Å². The molecule has 0 bridgehead atoms. The SMILES string of the molecule is CN(C)C(=O)CCNc1ccccc1Oc1ccccc1. The molecule has 0 aliphatic carbocycles. The van der Waals surface area contributed by atoms with E-state index in [2.05, 4.69) is 5.32 Å². The zero-order valence-electron chi connectivity index (χ0n) is 12.4. The number of hydrogen-bond donors (Lipinski definition) is 1. The lowest BCUT2D eigenvalue weighted by Gasteiger charge is -2.14. The Labute approximate surface area is 125 Å². The van der Waals surface area contributed by atoms with E-state index in [9.17, 15) is 4.79 Å². The molecule has 0 radical (unpaired) electrons. The van der Waals surface area contributed by atoms with Crippen LogP contribution in [0, 0.1) is 0 Å². The number of amides is 1. The van der Waals surface area contributed by atoms with E-state index in [0.29, 0.717) is 13.0 Å². The number of rotatable bonds is 6. The average molecular weight is 284 g/mol. The fraction of sp³-hybridized carbons (Fsp3) is 0.235. The second-order valence-corrected chi connectivity index (χ2v) is 4.88. The standard InChI is InChI=1S/C17H20N2O2/c1-19(2)17(20)12-13-18-15-10-6-7-11-16(15)21-14-8-4-3-5-9-14/h3-11,18H,12-13H2,1-2H3. The van der Waals surface area contributed by atoms with Gasteiger partial charge in [0.1, 0.15) is 5.75 Å². The molecular weight excluding hydrogens is 264 g/mol. The molecule has 0 heterocycles. The molecule has 2 rings (SSSR count). The van der Waals surface area contributed by atoms with Crippen LogP contribution in [-0.2, 0) is 4.79 Å². The van der Waals surface area contributed by atoms with Gasteiger partial charge < -0.3 is 15.0 Å². The molecule has 0 aliphatic rings. The van der Waals surface area contributed by atoms with E-state index in [4.69, 9.17) is 4.74 Å². The normalized spacial score (nSPS) is 10.0. The third kappa shape index (κ3) is 4.53. The maximum absolute atomic E-state index is 11.6. The summed E-state index contributed by atoms with van der Waals surface area (Å²) in [6, 6.07) is 17.3. The van der Waals surface area contributed by atoms with Crippen LogP contribution >= 0.6 is 0 Å². The third-order valence-corrected chi connectivity index (χ3v) is 3.01. The Hall–Kier alpha value is -2.49. The van der Waals surface area contributed by atoms with Crippen molar-refractivity contribution in [2.24, 2.45) is 0 Å². The van der Waals surface area contributed by atoms with E-state index in [0.717, 1.165) is 17.2 Å². The monoisotopic (exact) mass is 284 g/mol. The Balaban J connectivity index is 1.99. The van der Waals surface area contributed by atoms with Crippen LogP contribution in [0.1, 0.15) is 6.42 Å². The summed E-state index contributed by atoms with van der Waals surface area (Å²) in [5.74, 6) is 1.64. The van der Waals surface area contributed by atoms with Crippen molar-refractivity contribution in [2.45, 2.75) is 6.42 Å². The summed E-state index contributed by atoms with van der Waals surface area (Å²) in [6.07, 6.45) is 0.451. The molecule has 0 saturated carbocycles. The van der Waals surface area contributed by atoms with Crippen LogP contribution in [0.25, 0.3) is 0 Å². The molecule has 4 nitrogen and oxygen atoms in total. The highest BCUT2D eigenvalue weighted by Crippen LogP contribution is 2.28. The average Bonchev–Trinajstić information content (AvgIpc) is 2.50. The van der Waals surface area contributed by atoms with E-state index in [1.165, 1.54) is 0 Å². The van der Waals surface area contributed by atoms with Gasteiger partial charge in [-0.1, -0.05) is 30.3 Å². The van der Waals surface area contributed by atoms with E-state index in [-0.39, 0.29) is 5.91 Å². The van der Waals surface area contributed by atoms with Crippen molar-refractivity contribution in [1.29, 1.82) is 0 Å². The van der Waals surface area contributed by atoms with Crippen LogP contribution in [-0.4, -0.2) is 31.4 Å². The Kier molecular flexibility index (Phi) is 5.21. The molecule has 0 spiro atoms. The molecule has 0 atom stereocenters. The first-order chi connectivity index (χ1) is 10.2. The zero-order valence-corrected chi connectivity index (χ0v) is 12.4. The van der Waals surface area contributed by atoms with Gasteiger partial charge in [0.05, 0.1) is 5.69 Å². The first-order valence-corrected chi connectivity index (χ1v) is 6.93. The van der Waals surface area contributed by atoms with Crippen molar-refractivity contribution in [3.8, 4) is 11.5 Å². The maximum Gasteiger partial charge on any atom is 0.223 e. The van der Waals surface area contributed by atoms with Crippen molar-refractivity contribution in [2.75, 3.05) is 26.0 Å². The van der Waals surface area contributed by atoms with E-state index < -0.39 is 0 Å². The topological polar surface area (TPSA) is 41.6 Å². The van der Waals surface area contributed by atoms with Gasteiger partial charge in [-0.25, -0.2) is 0 Å². The van der Waals surface area contributed by atoms with Crippen LogP contribution in [0.5, 0.6) is 11.5 Å². The zero-order chi connectivity index (χ0) is 15.1. The van der Waals surface area contributed by atoms with Crippen LogP contribution in [0.3, 0.4) is 0 Å². The van der Waals surface area contributed by atoms with Crippen molar-refractivity contribution < 1.29 is 9.53 Å². The van der Waals surface area contributed by atoms with Gasteiger partial charge in [-0.3, -0.25) is 4.79 Å². The minimum absolute atomic E-state index is 0.101. The first-order valence-electron chi connectivity index (χ1n) is 6.93. The molecule has 0 aliphatic heterocycles. The van der Waals surface area contributed by atoms with Gasteiger partial charge in [0, 0.05) is 27.1 Å². The number of carbonyl (C=O) groups is 1.